The van der Waals surface area contributed by atoms with Crippen molar-refractivity contribution in [1.82, 2.24) is 4.90 Å². The second-order valence-corrected chi connectivity index (χ2v) is 6.56. The quantitative estimate of drug-likeness (QED) is 0.776. The maximum Gasteiger partial charge on any atom is 0.250 e. The number of carbonyl (C=O) groups is 1. The van der Waals surface area contributed by atoms with E-state index in [4.69, 9.17) is 4.99 Å². The smallest absolute Gasteiger partial charge is 0.250 e. The Morgan fingerprint density at radius 3 is 2.00 bits per heavy atom. The Balaban J connectivity index is 1.89. The lowest BCUT2D eigenvalue weighted by Gasteiger charge is -2.50. The van der Waals surface area contributed by atoms with Crippen molar-refractivity contribution in [3.05, 3.63) is 71.8 Å². The zero-order chi connectivity index (χ0) is 16.4. The lowest BCUT2D eigenvalue weighted by Crippen LogP contribution is -2.69. The molecule has 0 bridgehead atoms. The number of amides is 1. The van der Waals surface area contributed by atoms with Crippen molar-refractivity contribution < 1.29 is 4.79 Å². The van der Waals surface area contributed by atoms with Crippen LogP contribution >= 0.6 is 0 Å². The van der Waals surface area contributed by atoms with Crippen molar-refractivity contribution in [1.29, 1.82) is 0 Å². The predicted octanol–water partition coefficient (Wildman–Crippen LogP) is 3.79. The van der Waals surface area contributed by atoms with Crippen molar-refractivity contribution in [2.45, 2.75) is 31.1 Å². The standard InChI is InChI=1S/C21H22N2O/c24-20-21(17-11-5-3-6-12-17,18-13-7-4-8-14-18)19-22-15-9-1-2-10-16-23(19)20/h3-8,11-14H,1-2,9-10,15-16H2. The van der Waals surface area contributed by atoms with Crippen molar-refractivity contribution in [2.75, 3.05) is 13.1 Å². The van der Waals surface area contributed by atoms with Crippen molar-refractivity contribution in [2.24, 2.45) is 4.99 Å². The van der Waals surface area contributed by atoms with Crippen LogP contribution in [0.25, 0.3) is 0 Å². The molecule has 122 valence electrons. The molecule has 0 aromatic heterocycles. The van der Waals surface area contributed by atoms with Crippen LogP contribution in [0.1, 0.15) is 36.8 Å². The van der Waals surface area contributed by atoms with Gasteiger partial charge >= 0.3 is 0 Å². The average Bonchev–Trinajstić information content (AvgIpc) is 2.75. The molecule has 1 fully saturated rings. The average molecular weight is 318 g/mol. The Hall–Kier alpha value is -2.42. The van der Waals surface area contributed by atoms with Gasteiger partial charge in [-0.05, 0) is 24.0 Å². The number of amidine groups is 1. The Morgan fingerprint density at radius 2 is 1.38 bits per heavy atom. The van der Waals surface area contributed by atoms with Gasteiger partial charge in [0.15, 0.2) is 5.41 Å². The number of fused-ring (bicyclic) bond motifs is 1. The first-order chi connectivity index (χ1) is 11.8. The molecule has 2 aliphatic rings. The van der Waals surface area contributed by atoms with Crippen LogP contribution in [0.4, 0.5) is 0 Å². The zero-order valence-corrected chi connectivity index (χ0v) is 13.8. The van der Waals surface area contributed by atoms with Crippen LogP contribution < -0.4 is 0 Å². The minimum absolute atomic E-state index is 0.167. The molecule has 0 N–H and O–H groups in total. The summed E-state index contributed by atoms with van der Waals surface area (Å²) in [7, 11) is 0. The van der Waals surface area contributed by atoms with E-state index in [1.54, 1.807) is 0 Å². The number of carbonyl (C=O) groups excluding carboxylic acids is 1. The van der Waals surface area contributed by atoms with Gasteiger partial charge in [0.05, 0.1) is 0 Å². The van der Waals surface area contributed by atoms with Gasteiger partial charge in [0.25, 0.3) is 5.91 Å². The van der Waals surface area contributed by atoms with Crippen molar-refractivity contribution in [3.8, 4) is 0 Å². The Morgan fingerprint density at radius 1 is 0.792 bits per heavy atom. The van der Waals surface area contributed by atoms with E-state index in [0.717, 1.165) is 42.9 Å². The number of rotatable bonds is 2. The molecule has 2 aromatic carbocycles. The number of β-lactam (4-membered cyclic amide) rings is 1. The summed E-state index contributed by atoms with van der Waals surface area (Å²) >= 11 is 0. The van der Waals surface area contributed by atoms with E-state index in [-0.39, 0.29) is 5.91 Å². The summed E-state index contributed by atoms with van der Waals surface area (Å²) in [6.45, 7) is 1.60. The normalized spacial score (nSPS) is 20.1. The van der Waals surface area contributed by atoms with Crippen LogP contribution in [0.5, 0.6) is 0 Å². The van der Waals surface area contributed by atoms with Gasteiger partial charge in [-0.25, -0.2) is 0 Å². The van der Waals surface area contributed by atoms with Gasteiger partial charge in [0, 0.05) is 13.1 Å². The Labute approximate surface area is 143 Å². The van der Waals surface area contributed by atoms with E-state index in [0.29, 0.717) is 0 Å². The van der Waals surface area contributed by atoms with E-state index in [1.807, 2.05) is 41.3 Å². The first-order valence-electron chi connectivity index (χ1n) is 8.83. The molecule has 2 aromatic rings. The number of benzene rings is 2. The van der Waals surface area contributed by atoms with Crippen molar-refractivity contribution >= 4 is 11.7 Å². The summed E-state index contributed by atoms with van der Waals surface area (Å²) in [6, 6.07) is 20.2. The maximum absolute atomic E-state index is 13.3. The summed E-state index contributed by atoms with van der Waals surface area (Å²) in [5.41, 5.74) is 1.32. The summed E-state index contributed by atoms with van der Waals surface area (Å²) in [5, 5.41) is 0. The van der Waals surface area contributed by atoms with E-state index >= 15 is 0 Å². The van der Waals surface area contributed by atoms with Crippen LogP contribution in [0.3, 0.4) is 0 Å². The predicted molar refractivity (Wildman–Crippen MR) is 96.1 cm³/mol. The molecule has 1 saturated heterocycles. The van der Waals surface area contributed by atoms with Gasteiger partial charge in [0.2, 0.25) is 0 Å². The molecular formula is C21H22N2O. The molecule has 2 aliphatic heterocycles. The molecule has 0 spiro atoms. The van der Waals surface area contributed by atoms with Crippen LogP contribution in [-0.2, 0) is 10.2 Å². The lowest BCUT2D eigenvalue weighted by molar-refractivity contribution is -0.135. The maximum atomic E-state index is 13.3. The summed E-state index contributed by atoms with van der Waals surface area (Å²) in [4.78, 5) is 20.1. The number of hydrogen-bond donors (Lipinski definition) is 0. The van der Waals surface area contributed by atoms with Crippen LogP contribution in [0.2, 0.25) is 0 Å². The van der Waals surface area contributed by atoms with E-state index in [2.05, 4.69) is 24.3 Å². The number of hydrogen-bond acceptors (Lipinski definition) is 2. The molecule has 0 aliphatic carbocycles. The van der Waals surface area contributed by atoms with E-state index in [1.165, 1.54) is 12.8 Å². The molecule has 0 radical (unpaired) electrons. The highest BCUT2D eigenvalue weighted by atomic mass is 16.2. The zero-order valence-electron chi connectivity index (χ0n) is 13.8. The fourth-order valence-electron chi connectivity index (χ4n) is 3.92. The third-order valence-electron chi connectivity index (χ3n) is 5.12. The summed E-state index contributed by atoms with van der Waals surface area (Å²) < 4.78 is 0. The van der Waals surface area contributed by atoms with Crippen molar-refractivity contribution in [3.63, 3.8) is 0 Å². The van der Waals surface area contributed by atoms with Gasteiger partial charge in [-0.2, -0.15) is 0 Å². The highest BCUT2D eigenvalue weighted by Gasteiger charge is 2.60. The first kappa shape index (κ1) is 15.1. The molecule has 0 saturated carbocycles. The topological polar surface area (TPSA) is 32.7 Å². The third kappa shape index (κ3) is 2.19. The first-order valence-corrected chi connectivity index (χ1v) is 8.83. The lowest BCUT2D eigenvalue weighted by atomic mass is 9.66. The number of aliphatic imine (C=N–C) groups is 1. The second kappa shape index (κ2) is 6.23. The second-order valence-electron chi connectivity index (χ2n) is 6.56. The van der Waals surface area contributed by atoms with Crippen LogP contribution in [0.15, 0.2) is 65.7 Å². The SMILES string of the molecule is O=C1N2CCCCCCN=C2C1(c1ccccc1)c1ccccc1. The fraction of sp³-hybridized carbons (Fsp3) is 0.333. The highest BCUT2D eigenvalue weighted by Crippen LogP contribution is 2.44. The van der Waals surface area contributed by atoms with Crippen LogP contribution in [-0.4, -0.2) is 29.7 Å². The Kier molecular flexibility index (Phi) is 3.93. The molecule has 3 heteroatoms. The highest BCUT2D eigenvalue weighted by molar-refractivity contribution is 6.31. The molecule has 0 unspecified atom stereocenters. The third-order valence-corrected chi connectivity index (χ3v) is 5.12. The molecule has 3 nitrogen and oxygen atoms in total. The molecule has 4 rings (SSSR count). The molecule has 24 heavy (non-hydrogen) atoms. The Bertz CT molecular complexity index is 712. The molecule has 1 amide bonds. The van der Waals surface area contributed by atoms with Gasteiger partial charge < -0.3 is 0 Å². The minimum Gasteiger partial charge on any atom is -0.298 e. The molecule has 2 heterocycles. The molecule has 0 atom stereocenters. The minimum atomic E-state index is -0.729. The van der Waals surface area contributed by atoms with Crippen LogP contribution in [0, 0.1) is 0 Å². The number of nitrogens with zero attached hydrogens (tertiary/aromatic N) is 2. The largest absolute Gasteiger partial charge is 0.298 e. The fourth-order valence-corrected chi connectivity index (χ4v) is 3.92. The van der Waals surface area contributed by atoms with E-state index in [9.17, 15) is 4.79 Å². The molecular weight excluding hydrogens is 296 g/mol. The van der Waals surface area contributed by atoms with Gasteiger partial charge in [-0.1, -0.05) is 73.5 Å². The van der Waals surface area contributed by atoms with E-state index < -0.39 is 5.41 Å². The van der Waals surface area contributed by atoms with Gasteiger partial charge in [-0.3, -0.25) is 14.7 Å². The van der Waals surface area contributed by atoms with Gasteiger partial charge in [-0.15, -0.1) is 0 Å². The monoisotopic (exact) mass is 318 g/mol. The summed E-state index contributed by atoms with van der Waals surface area (Å²) in [5.74, 6) is 1.10. The summed E-state index contributed by atoms with van der Waals surface area (Å²) in [6.07, 6.45) is 4.54. The van der Waals surface area contributed by atoms with Gasteiger partial charge in [0.1, 0.15) is 5.84 Å².